The Balaban J connectivity index is 3.29. The van der Waals surface area contributed by atoms with Crippen LogP contribution in [0.15, 0.2) is 11.0 Å². The first-order chi connectivity index (χ1) is 5.47. The maximum absolute atomic E-state index is 10.7. The Morgan fingerprint density at radius 3 is 2.33 bits per heavy atom. The number of hydrogen-bond donors (Lipinski definition) is 4. The molecule has 0 unspecified atom stereocenters. The Morgan fingerprint density at radius 2 is 2.00 bits per heavy atom. The van der Waals surface area contributed by atoms with Gasteiger partial charge >= 0.3 is 10.1 Å². The van der Waals surface area contributed by atoms with Crippen LogP contribution in [0.4, 0.5) is 0 Å². The number of rotatable bonds is 2. The molecule has 0 amide bonds. The summed E-state index contributed by atoms with van der Waals surface area (Å²) in [7, 11) is -4.39. The monoisotopic (exact) mass is 195 g/mol. The van der Waals surface area contributed by atoms with Crippen LogP contribution in [0, 0.1) is 0 Å². The third-order valence-electron chi connectivity index (χ3n) is 1.12. The van der Waals surface area contributed by atoms with Crippen molar-refractivity contribution >= 4 is 10.1 Å². The Morgan fingerprint density at radius 1 is 1.42 bits per heavy atom. The molecule has 0 spiro atoms. The van der Waals surface area contributed by atoms with E-state index >= 15 is 0 Å². The zero-order valence-electron chi connectivity index (χ0n) is 5.55. The second kappa shape index (κ2) is 2.66. The lowest BCUT2D eigenvalue weighted by Crippen LogP contribution is -2.01. The van der Waals surface area contributed by atoms with Crippen LogP contribution >= 0.6 is 0 Å². The molecule has 0 atom stereocenters. The number of aromatic nitrogens is 1. The van der Waals surface area contributed by atoms with Gasteiger partial charge in [-0.05, 0) is 0 Å². The van der Waals surface area contributed by atoms with E-state index in [4.69, 9.17) is 15.5 Å². The summed E-state index contributed by atoms with van der Waals surface area (Å²) in [6, 6.07) is 0.695. The highest BCUT2D eigenvalue weighted by Crippen LogP contribution is 2.26. The lowest BCUT2D eigenvalue weighted by Gasteiger charge is -1.94. The van der Waals surface area contributed by atoms with Crippen LogP contribution in [-0.2, 0) is 14.5 Å². The van der Waals surface area contributed by atoms with Crippen molar-refractivity contribution in [3.63, 3.8) is 0 Å². The minimum Gasteiger partial charge on any atom is -0.494 e. The van der Waals surface area contributed by atoms with Gasteiger partial charge in [-0.2, -0.15) is 8.42 Å². The molecule has 1 heterocycles. The number of aromatic amines is 1. The van der Waals surface area contributed by atoms with Gasteiger partial charge in [-0.25, -0.2) is 5.26 Å². The topological polar surface area (TPSA) is 120 Å². The molecule has 0 aliphatic rings. The summed E-state index contributed by atoms with van der Waals surface area (Å²) in [5, 5.41) is 25.4. The molecular weight excluding hydrogens is 190 g/mol. The van der Waals surface area contributed by atoms with Gasteiger partial charge in [0.2, 0.25) is 5.88 Å². The van der Waals surface area contributed by atoms with Crippen LogP contribution < -0.4 is 0 Å². The average molecular weight is 195 g/mol. The number of H-pyrrole nitrogens is 1. The lowest BCUT2D eigenvalue weighted by molar-refractivity contribution is -0.130. The average Bonchev–Trinajstić information content (AvgIpc) is 2.31. The Bertz CT molecular complexity index is 378. The van der Waals surface area contributed by atoms with Crippen LogP contribution in [-0.4, -0.2) is 28.9 Å². The van der Waals surface area contributed by atoms with Gasteiger partial charge in [0.05, 0.1) is 0 Å². The number of aromatic hydroxyl groups is 2. The van der Waals surface area contributed by atoms with E-state index in [1.807, 2.05) is 4.98 Å². The smallest absolute Gasteiger partial charge is 0.328 e. The van der Waals surface area contributed by atoms with E-state index in [2.05, 4.69) is 4.33 Å². The lowest BCUT2D eigenvalue weighted by atomic mass is 10.6. The van der Waals surface area contributed by atoms with Gasteiger partial charge in [-0.3, -0.25) is 4.98 Å². The third kappa shape index (κ3) is 1.35. The van der Waals surface area contributed by atoms with Crippen molar-refractivity contribution in [2.75, 3.05) is 0 Å². The van der Waals surface area contributed by atoms with Gasteiger partial charge < -0.3 is 10.2 Å². The van der Waals surface area contributed by atoms with Crippen molar-refractivity contribution in [3.05, 3.63) is 6.07 Å². The molecule has 7 nitrogen and oxygen atoms in total. The highest BCUT2D eigenvalue weighted by atomic mass is 32.2. The molecule has 0 aromatic carbocycles. The van der Waals surface area contributed by atoms with E-state index in [1.165, 1.54) is 0 Å². The second-order valence-corrected chi connectivity index (χ2v) is 3.39. The molecule has 8 heteroatoms. The molecule has 0 saturated heterocycles. The van der Waals surface area contributed by atoms with Crippen molar-refractivity contribution in [3.8, 4) is 11.8 Å². The maximum atomic E-state index is 10.7. The Labute approximate surface area is 66.9 Å². The van der Waals surface area contributed by atoms with Crippen molar-refractivity contribution < 1.29 is 28.2 Å². The molecule has 0 radical (unpaired) electrons. The van der Waals surface area contributed by atoms with Crippen molar-refractivity contribution in [2.24, 2.45) is 0 Å². The minimum absolute atomic E-state index is 0.553. The predicted octanol–water partition coefficient (Wildman–Crippen LogP) is -0.396. The molecule has 68 valence electrons. The van der Waals surface area contributed by atoms with Crippen LogP contribution in [0.3, 0.4) is 0 Å². The molecule has 0 aliphatic carbocycles. The van der Waals surface area contributed by atoms with Crippen LogP contribution in [0.25, 0.3) is 0 Å². The predicted molar refractivity (Wildman–Crippen MR) is 35.0 cm³/mol. The van der Waals surface area contributed by atoms with E-state index in [9.17, 15) is 8.42 Å². The van der Waals surface area contributed by atoms with Crippen molar-refractivity contribution in [1.82, 2.24) is 4.98 Å². The first-order valence-corrected chi connectivity index (χ1v) is 4.07. The van der Waals surface area contributed by atoms with Crippen molar-refractivity contribution in [2.45, 2.75) is 4.90 Å². The van der Waals surface area contributed by atoms with Crippen LogP contribution in [0.1, 0.15) is 0 Å². The summed E-state index contributed by atoms with van der Waals surface area (Å²) in [6.45, 7) is 0. The summed E-state index contributed by atoms with van der Waals surface area (Å²) in [5.74, 6) is -1.36. The van der Waals surface area contributed by atoms with Gasteiger partial charge in [0.25, 0.3) is 0 Å². The number of nitrogens with one attached hydrogen (secondary N) is 1. The van der Waals surface area contributed by atoms with E-state index in [0.29, 0.717) is 6.07 Å². The summed E-state index contributed by atoms with van der Waals surface area (Å²) >= 11 is 0. The first kappa shape index (κ1) is 8.84. The highest BCUT2D eigenvalue weighted by molar-refractivity contribution is 7.86. The molecule has 0 saturated carbocycles. The Kier molecular flexibility index (Phi) is 1.96. The van der Waals surface area contributed by atoms with E-state index in [0.717, 1.165) is 0 Å². The molecule has 0 bridgehead atoms. The summed E-state index contributed by atoms with van der Waals surface area (Å²) in [4.78, 5) is 1.15. The summed E-state index contributed by atoms with van der Waals surface area (Å²) in [6.07, 6.45) is 0. The standard InChI is InChI=1S/C4H5NO6S/c6-3-1-2(4(7)5-3)12(9,10)11-8/h1,5-8H. The third-order valence-corrected chi connectivity index (χ3v) is 2.16. The molecule has 4 N–H and O–H groups in total. The zero-order valence-corrected chi connectivity index (χ0v) is 6.37. The SMILES string of the molecule is O=S(=O)(OO)c1cc(O)[nH]c1O. The highest BCUT2D eigenvalue weighted by Gasteiger charge is 2.22. The number of hydrogen-bond acceptors (Lipinski definition) is 6. The molecule has 1 aromatic rings. The fourth-order valence-electron chi connectivity index (χ4n) is 0.642. The fraction of sp³-hybridized carbons (Fsp3) is 0. The van der Waals surface area contributed by atoms with Gasteiger partial charge in [0.1, 0.15) is 0 Å². The maximum Gasteiger partial charge on any atom is 0.328 e. The van der Waals surface area contributed by atoms with Gasteiger partial charge in [0.15, 0.2) is 10.8 Å². The molecule has 0 aliphatic heterocycles. The molecule has 0 fully saturated rings. The van der Waals surface area contributed by atoms with Crippen molar-refractivity contribution in [1.29, 1.82) is 0 Å². The normalized spacial score (nSPS) is 11.8. The van der Waals surface area contributed by atoms with E-state index in [1.54, 1.807) is 0 Å². The summed E-state index contributed by atoms with van der Waals surface area (Å²) in [5.41, 5.74) is 0. The fourth-order valence-corrected chi connectivity index (χ4v) is 1.27. The summed E-state index contributed by atoms with van der Waals surface area (Å²) < 4.78 is 24.4. The molecule has 1 rings (SSSR count). The first-order valence-electron chi connectivity index (χ1n) is 2.66. The molecular formula is C4H5NO6S. The van der Waals surface area contributed by atoms with Gasteiger partial charge in [0, 0.05) is 6.07 Å². The zero-order chi connectivity index (χ0) is 9.35. The van der Waals surface area contributed by atoms with E-state index in [-0.39, 0.29) is 0 Å². The molecule has 12 heavy (non-hydrogen) atoms. The van der Waals surface area contributed by atoms with Crippen LogP contribution in [0.2, 0.25) is 0 Å². The largest absolute Gasteiger partial charge is 0.494 e. The van der Waals surface area contributed by atoms with Gasteiger partial charge in [-0.1, -0.05) is 0 Å². The second-order valence-electron chi connectivity index (χ2n) is 1.90. The molecule has 1 aromatic heterocycles. The minimum atomic E-state index is -4.39. The van der Waals surface area contributed by atoms with Crippen LogP contribution in [0.5, 0.6) is 11.8 Å². The quantitative estimate of drug-likeness (QED) is 0.376. The van der Waals surface area contributed by atoms with Gasteiger partial charge in [-0.15, -0.1) is 4.33 Å². The Hall–Kier alpha value is -1.25. The van der Waals surface area contributed by atoms with E-state index < -0.39 is 26.8 Å².